The maximum atomic E-state index is 13.5. The van der Waals surface area contributed by atoms with Crippen molar-refractivity contribution in [2.24, 2.45) is 0 Å². The van der Waals surface area contributed by atoms with Gasteiger partial charge >= 0.3 is 18.0 Å². The van der Waals surface area contributed by atoms with E-state index in [0.29, 0.717) is 6.92 Å². The number of amides is 1. The van der Waals surface area contributed by atoms with Crippen molar-refractivity contribution in [3.63, 3.8) is 0 Å². The molecule has 7 nitrogen and oxygen atoms in total. The topological polar surface area (TPSA) is 104 Å². The molecule has 0 saturated heterocycles. The van der Waals surface area contributed by atoms with E-state index >= 15 is 0 Å². The van der Waals surface area contributed by atoms with E-state index in [4.69, 9.17) is 0 Å². The van der Waals surface area contributed by atoms with Gasteiger partial charge in [0.15, 0.2) is 0 Å². The number of benzene rings is 1. The summed E-state index contributed by atoms with van der Waals surface area (Å²) in [5.74, 6) is -2.67. The average Bonchev–Trinajstić information content (AvgIpc) is 2.43. The first-order valence-electron chi connectivity index (χ1n) is 6.68. The second-order valence-corrected chi connectivity index (χ2v) is 5.18. The molecule has 0 spiro atoms. The lowest BCUT2D eigenvalue weighted by Gasteiger charge is -2.26. The molecule has 26 heavy (non-hydrogen) atoms. The summed E-state index contributed by atoms with van der Waals surface area (Å²) >= 11 is 0. The molecule has 1 aliphatic rings. The van der Waals surface area contributed by atoms with Gasteiger partial charge in [-0.05, 0) is 6.07 Å². The second kappa shape index (κ2) is 6.07. The molecule has 0 fully saturated rings. The molecule has 0 radical (unpaired) electrons. The van der Waals surface area contributed by atoms with Crippen molar-refractivity contribution in [1.29, 1.82) is 0 Å². The summed E-state index contributed by atoms with van der Waals surface area (Å²) in [6.07, 6.45) is -10.8. The van der Waals surface area contributed by atoms with Crippen LogP contribution >= 0.6 is 0 Å². The van der Waals surface area contributed by atoms with Crippen LogP contribution in [0.15, 0.2) is 11.8 Å². The van der Waals surface area contributed by atoms with Crippen molar-refractivity contribution in [3.8, 4) is 0 Å². The van der Waals surface area contributed by atoms with Crippen LogP contribution < -0.4 is 10.6 Å². The number of fused-ring (bicyclic) bond motifs is 1. The van der Waals surface area contributed by atoms with Crippen LogP contribution in [0.1, 0.15) is 23.6 Å². The number of carbonyl (C=O) groups is 1. The molecule has 1 aromatic carbocycles. The van der Waals surface area contributed by atoms with Crippen LogP contribution in [0, 0.1) is 10.1 Å². The van der Waals surface area contributed by atoms with Crippen molar-refractivity contribution < 1.29 is 41.2 Å². The van der Waals surface area contributed by atoms with Crippen LogP contribution in [0.4, 0.5) is 37.7 Å². The lowest BCUT2D eigenvalue weighted by molar-refractivity contribution is -0.425. The third-order valence-electron chi connectivity index (χ3n) is 3.39. The molecule has 1 amide bonds. The molecule has 0 aliphatic carbocycles. The molecule has 142 valence electrons. The van der Waals surface area contributed by atoms with Crippen LogP contribution in [-0.4, -0.2) is 22.5 Å². The van der Waals surface area contributed by atoms with Gasteiger partial charge in [0.05, 0.1) is 27.3 Å². The Morgan fingerprint density at radius 3 is 2.27 bits per heavy atom. The van der Waals surface area contributed by atoms with Gasteiger partial charge in [0.1, 0.15) is 6.54 Å². The van der Waals surface area contributed by atoms with Crippen molar-refractivity contribution in [3.05, 3.63) is 38.6 Å². The van der Waals surface area contributed by atoms with Gasteiger partial charge in [-0.3, -0.25) is 14.9 Å². The van der Waals surface area contributed by atoms with E-state index in [1.54, 1.807) is 0 Å². The second-order valence-electron chi connectivity index (χ2n) is 5.18. The molecule has 0 atom stereocenters. The van der Waals surface area contributed by atoms with Crippen molar-refractivity contribution in [2.45, 2.75) is 19.3 Å². The minimum Gasteiger partial charge on any atom is -0.502 e. The molecule has 1 heterocycles. The smallest absolute Gasteiger partial charge is 0.419 e. The molecule has 0 aromatic heterocycles. The largest absolute Gasteiger partial charge is 0.502 e. The van der Waals surface area contributed by atoms with Gasteiger partial charge in [-0.15, -0.1) is 0 Å². The van der Waals surface area contributed by atoms with Gasteiger partial charge in [0.2, 0.25) is 11.7 Å². The Bertz CT molecular complexity index is 829. The molecule has 0 saturated carbocycles. The van der Waals surface area contributed by atoms with Crippen LogP contribution in [0.5, 0.6) is 0 Å². The molecule has 2 rings (SSSR count). The number of nitro groups is 1. The van der Waals surface area contributed by atoms with E-state index in [1.807, 2.05) is 0 Å². The number of alkyl halides is 6. The molecule has 0 bridgehead atoms. The lowest BCUT2D eigenvalue weighted by Crippen LogP contribution is -2.26. The standard InChI is InChI=1S/C13H9F6N3O4/c1-4(23)21-10-5(12(14,15)16)2-6-8(9(10)13(17,18)19)11(24)7(3-20-6)22(25)26/h2,20,24H,3H2,1H3,(H,21,23). The van der Waals surface area contributed by atoms with Crippen molar-refractivity contribution >= 4 is 23.0 Å². The van der Waals surface area contributed by atoms with Gasteiger partial charge in [-0.2, -0.15) is 26.3 Å². The summed E-state index contributed by atoms with van der Waals surface area (Å²) < 4.78 is 80.1. The monoisotopic (exact) mass is 385 g/mol. The van der Waals surface area contributed by atoms with E-state index in [0.717, 1.165) is 0 Å². The van der Waals surface area contributed by atoms with E-state index < -0.39 is 69.2 Å². The third-order valence-corrected chi connectivity index (χ3v) is 3.39. The highest BCUT2D eigenvalue weighted by molar-refractivity contribution is 5.94. The fourth-order valence-electron chi connectivity index (χ4n) is 2.44. The van der Waals surface area contributed by atoms with Crippen LogP contribution in [0.2, 0.25) is 0 Å². The first-order chi connectivity index (χ1) is 11.7. The number of halogens is 6. The number of rotatable bonds is 2. The molecule has 0 unspecified atom stereocenters. The maximum absolute atomic E-state index is 13.5. The summed E-state index contributed by atoms with van der Waals surface area (Å²) in [7, 11) is 0. The van der Waals surface area contributed by atoms with Crippen molar-refractivity contribution in [1.82, 2.24) is 0 Å². The number of aliphatic hydroxyl groups excluding tert-OH is 1. The zero-order chi connectivity index (χ0) is 20.0. The number of hydrogen-bond acceptors (Lipinski definition) is 5. The van der Waals surface area contributed by atoms with Crippen LogP contribution in [0.3, 0.4) is 0 Å². The number of nitrogens with one attached hydrogen (secondary N) is 2. The Morgan fingerprint density at radius 1 is 1.27 bits per heavy atom. The Balaban J connectivity index is 3.00. The number of hydrogen-bond donors (Lipinski definition) is 3. The minimum atomic E-state index is -5.47. The minimum absolute atomic E-state index is 0.239. The highest BCUT2D eigenvalue weighted by Gasteiger charge is 2.47. The van der Waals surface area contributed by atoms with Gasteiger partial charge in [0.25, 0.3) is 0 Å². The van der Waals surface area contributed by atoms with Gasteiger partial charge in [0, 0.05) is 12.6 Å². The number of anilines is 2. The maximum Gasteiger partial charge on any atom is 0.419 e. The highest BCUT2D eigenvalue weighted by atomic mass is 19.4. The predicted octanol–water partition coefficient (Wildman–Crippen LogP) is 3.61. The van der Waals surface area contributed by atoms with Gasteiger partial charge in [-0.25, -0.2) is 0 Å². The molecule has 3 N–H and O–H groups in total. The van der Waals surface area contributed by atoms with E-state index in [9.17, 15) is 46.4 Å². The van der Waals surface area contributed by atoms with Gasteiger partial charge in [-0.1, -0.05) is 0 Å². The normalized spacial score (nSPS) is 14.6. The lowest BCUT2D eigenvalue weighted by atomic mass is 9.93. The fourth-order valence-corrected chi connectivity index (χ4v) is 2.44. The predicted molar refractivity (Wildman–Crippen MR) is 75.8 cm³/mol. The number of carbonyl (C=O) groups excluding carboxylic acids is 1. The van der Waals surface area contributed by atoms with Crippen molar-refractivity contribution in [2.75, 3.05) is 17.2 Å². The van der Waals surface area contributed by atoms with E-state index in [-0.39, 0.29) is 6.07 Å². The SMILES string of the molecule is CC(=O)Nc1c(C(F)(F)F)cc2c(c1C(F)(F)F)C(O)=C([N+](=O)[O-])CN2. The zero-order valence-corrected chi connectivity index (χ0v) is 12.7. The first-order valence-corrected chi connectivity index (χ1v) is 6.68. The Labute approximate surface area is 140 Å². The molecule has 13 heteroatoms. The zero-order valence-electron chi connectivity index (χ0n) is 12.7. The number of aliphatic hydroxyl groups is 1. The van der Waals surface area contributed by atoms with E-state index in [1.165, 1.54) is 5.32 Å². The quantitative estimate of drug-likeness (QED) is 0.410. The molecule has 1 aliphatic heterocycles. The summed E-state index contributed by atoms with van der Waals surface area (Å²) in [5.41, 5.74) is -8.61. The highest BCUT2D eigenvalue weighted by Crippen LogP contribution is 2.50. The summed E-state index contributed by atoms with van der Waals surface area (Å²) in [5, 5.41) is 24.3. The van der Waals surface area contributed by atoms with Crippen LogP contribution in [0.25, 0.3) is 5.76 Å². The number of nitrogens with zero attached hydrogens (tertiary/aromatic N) is 1. The summed E-state index contributed by atoms with van der Waals surface area (Å²) in [4.78, 5) is 20.8. The molecular weight excluding hydrogens is 376 g/mol. The Kier molecular flexibility index (Phi) is 4.51. The third kappa shape index (κ3) is 3.36. The molecular formula is C13H9F6N3O4. The molecule has 1 aromatic rings. The Morgan fingerprint density at radius 2 is 1.85 bits per heavy atom. The van der Waals surface area contributed by atoms with Crippen LogP contribution in [-0.2, 0) is 17.1 Å². The summed E-state index contributed by atoms with van der Waals surface area (Å²) in [6.45, 7) is -0.101. The fraction of sp³-hybridized carbons (Fsp3) is 0.308. The first kappa shape index (κ1) is 19.3. The summed E-state index contributed by atoms with van der Waals surface area (Å²) in [6, 6.07) is 0.239. The Hall–Kier alpha value is -2.99. The van der Waals surface area contributed by atoms with E-state index in [2.05, 4.69) is 5.32 Å². The van der Waals surface area contributed by atoms with Gasteiger partial charge < -0.3 is 15.7 Å². The average molecular weight is 385 g/mol.